The molecule has 102 valence electrons. The zero-order valence-corrected chi connectivity index (χ0v) is 11.7. The first-order valence-electron chi connectivity index (χ1n) is 6.75. The van der Waals surface area contributed by atoms with Crippen LogP contribution in [-0.2, 0) is 9.59 Å². The first kappa shape index (κ1) is 14.7. The number of hydrogen-bond acceptors (Lipinski definition) is 2. The molecule has 2 amide bonds. The maximum Gasteiger partial charge on any atom is 0.246 e. The summed E-state index contributed by atoms with van der Waals surface area (Å²) < 4.78 is 0. The number of likely N-dealkylation sites (tertiary alicyclic amines) is 1. The Morgan fingerprint density at radius 2 is 1.89 bits per heavy atom. The second-order valence-corrected chi connectivity index (χ2v) is 4.95. The van der Waals surface area contributed by atoms with Crippen molar-refractivity contribution in [1.82, 2.24) is 10.2 Å². The number of carbonyl (C=O) groups is 2. The van der Waals surface area contributed by atoms with Gasteiger partial charge in [0.1, 0.15) is 0 Å². The van der Waals surface area contributed by atoms with Gasteiger partial charge in [0.15, 0.2) is 0 Å². The summed E-state index contributed by atoms with van der Waals surface area (Å²) in [4.78, 5) is 24.8. The molecule has 0 unspecified atom stereocenters. The fourth-order valence-corrected chi connectivity index (χ4v) is 2.23. The monoisotopic (exact) mass is 252 g/mol. The Labute approximate surface area is 109 Å². The minimum Gasteiger partial charge on any atom is -0.352 e. The predicted octanol–water partition coefficient (Wildman–Crippen LogP) is 1.72. The molecule has 0 spiro atoms. The van der Waals surface area contributed by atoms with E-state index in [2.05, 4.69) is 5.32 Å². The van der Waals surface area contributed by atoms with Crippen molar-refractivity contribution in [3.8, 4) is 0 Å². The third kappa shape index (κ3) is 4.51. The van der Waals surface area contributed by atoms with Crippen LogP contribution in [0.15, 0.2) is 11.6 Å². The lowest BCUT2D eigenvalue weighted by molar-refractivity contribution is -0.130. The van der Waals surface area contributed by atoms with Gasteiger partial charge in [-0.2, -0.15) is 0 Å². The number of amides is 2. The van der Waals surface area contributed by atoms with Crippen molar-refractivity contribution in [1.29, 1.82) is 0 Å². The SMILES string of the molecule is CCC=C(C)C(=O)NCC1CCN(C(C)=O)CC1. The van der Waals surface area contributed by atoms with E-state index < -0.39 is 0 Å². The first-order valence-corrected chi connectivity index (χ1v) is 6.75. The average Bonchev–Trinajstić information content (AvgIpc) is 2.36. The highest BCUT2D eigenvalue weighted by atomic mass is 16.2. The van der Waals surface area contributed by atoms with Crippen LogP contribution in [0.4, 0.5) is 0 Å². The molecule has 0 atom stereocenters. The molecule has 1 saturated heterocycles. The molecule has 1 heterocycles. The van der Waals surface area contributed by atoms with Crippen molar-refractivity contribution in [2.24, 2.45) is 5.92 Å². The quantitative estimate of drug-likeness (QED) is 0.774. The largest absolute Gasteiger partial charge is 0.352 e. The van der Waals surface area contributed by atoms with Crippen LogP contribution in [0, 0.1) is 5.92 Å². The van der Waals surface area contributed by atoms with Gasteiger partial charge < -0.3 is 10.2 Å². The van der Waals surface area contributed by atoms with Gasteiger partial charge >= 0.3 is 0 Å². The lowest BCUT2D eigenvalue weighted by Crippen LogP contribution is -2.40. The Morgan fingerprint density at radius 1 is 1.28 bits per heavy atom. The molecule has 1 aliphatic heterocycles. The van der Waals surface area contributed by atoms with Crippen molar-refractivity contribution in [3.05, 3.63) is 11.6 Å². The average molecular weight is 252 g/mol. The summed E-state index contributed by atoms with van der Waals surface area (Å²) in [6, 6.07) is 0. The molecular formula is C14H24N2O2. The topological polar surface area (TPSA) is 49.4 Å². The summed E-state index contributed by atoms with van der Waals surface area (Å²) in [6.45, 7) is 7.84. The zero-order chi connectivity index (χ0) is 13.5. The van der Waals surface area contributed by atoms with Gasteiger partial charge in [0, 0.05) is 32.1 Å². The molecule has 1 rings (SSSR count). The summed E-state index contributed by atoms with van der Waals surface area (Å²) in [5.41, 5.74) is 0.790. The third-order valence-electron chi connectivity index (χ3n) is 3.48. The van der Waals surface area contributed by atoms with Crippen molar-refractivity contribution in [2.75, 3.05) is 19.6 Å². The lowest BCUT2D eigenvalue weighted by atomic mass is 9.96. The molecule has 0 aliphatic carbocycles. The van der Waals surface area contributed by atoms with Gasteiger partial charge in [-0.1, -0.05) is 13.0 Å². The fourth-order valence-electron chi connectivity index (χ4n) is 2.23. The highest BCUT2D eigenvalue weighted by Gasteiger charge is 2.20. The van der Waals surface area contributed by atoms with Gasteiger partial charge in [-0.25, -0.2) is 0 Å². The number of nitrogens with zero attached hydrogens (tertiary/aromatic N) is 1. The summed E-state index contributed by atoms with van der Waals surface area (Å²) >= 11 is 0. The van der Waals surface area contributed by atoms with Crippen molar-refractivity contribution in [3.63, 3.8) is 0 Å². The van der Waals surface area contributed by atoms with Gasteiger partial charge in [0.25, 0.3) is 0 Å². The summed E-state index contributed by atoms with van der Waals surface area (Å²) in [5.74, 6) is 0.684. The van der Waals surface area contributed by atoms with Crippen LogP contribution in [0.3, 0.4) is 0 Å². The van der Waals surface area contributed by atoms with E-state index in [9.17, 15) is 9.59 Å². The molecule has 1 fully saturated rings. The Hall–Kier alpha value is -1.32. The molecule has 4 nitrogen and oxygen atoms in total. The van der Waals surface area contributed by atoms with E-state index in [1.807, 2.05) is 24.8 Å². The Bertz CT molecular complexity index is 329. The number of nitrogens with one attached hydrogen (secondary N) is 1. The number of piperidine rings is 1. The molecular weight excluding hydrogens is 228 g/mol. The Kier molecular flexibility index (Phi) is 5.89. The summed E-state index contributed by atoms with van der Waals surface area (Å²) in [6.07, 6.45) is 4.79. The molecule has 18 heavy (non-hydrogen) atoms. The highest BCUT2D eigenvalue weighted by molar-refractivity contribution is 5.92. The third-order valence-corrected chi connectivity index (χ3v) is 3.48. The fraction of sp³-hybridized carbons (Fsp3) is 0.714. The second kappa shape index (κ2) is 7.19. The van der Waals surface area contributed by atoms with E-state index in [0.717, 1.165) is 44.5 Å². The maximum atomic E-state index is 11.7. The zero-order valence-electron chi connectivity index (χ0n) is 11.7. The number of carbonyl (C=O) groups excluding carboxylic acids is 2. The van der Waals surface area contributed by atoms with E-state index >= 15 is 0 Å². The smallest absolute Gasteiger partial charge is 0.246 e. The van der Waals surface area contributed by atoms with Crippen molar-refractivity contribution in [2.45, 2.75) is 40.0 Å². The summed E-state index contributed by atoms with van der Waals surface area (Å²) in [7, 11) is 0. The molecule has 0 bridgehead atoms. The Balaban J connectivity index is 2.28. The standard InChI is InChI=1S/C14H24N2O2/c1-4-5-11(2)14(18)15-10-13-6-8-16(9-7-13)12(3)17/h5,13H,4,6-10H2,1-3H3,(H,15,18). The van der Waals surface area contributed by atoms with Gasteiger partial charge in [0.2, 0.25) is 11.8 Å². The number of allylic oxidation sites excluding steroid dienone is 1. The Morgan fingerprint density at radius 3 is 2.39 bits per heavy atom. The van der Waals surface area contributed by atoms with Gasteiger partial charge in [-0.3, -0.25) is 9.59 Å². The number of rotatable bonds is 4. The van der Waals surface area contributed by atoms with E-state index in [-0.39, 0.29) is 11.8 Å². The van der Waals surface area contributed by atoms with Crippen LogP contribution in [0.1, 0.15) is 40.0 Å². The minimum atomic E-state index is 0.0332. The first-order chi connectivity index (χ1) is 8.54. The van der Waals surface area contributed by atoms with Crippen LogP contribution >= 0.6 is 0 Å². The van der Waals surface area contributed by atoms with Crippen LogP contribution in [0.5, 0.6) is 0 Å². The molecule has 0 aromatic rings. The molecule has 4 heteroatoms. The van der Waals surface area contributed by atoms with Crippen LogP contribution in [0.25, 0.3) is 0 Å². The molecule has 1 aliphatic rings. The van der Waals surface area contributed by atoms with E-state index in [4.69, 9.17) is 0 Å². The molecule has 0 aromatic heterocycles. The summed E-state index contributed by atoms with van der Waals surface area (Å²) in [5, 5.41) is 2.97. The molecule has 1 N–H and O–H groups in total. The predicted molar refractivity (Wildman–Crippen MR) is 72.0 cm³/mol. The lowest BCUT2D eigenvalue weighted by Gasteiger charge is -2.31. The van der Waals surface area contributed by atoms with Crippen LogP contribution in [0.2, 0.25) is 0 Å². The van der Waals surface area contributed by atoms with Gasteiger partial charge in [-0.15, -0.1) is 0 Å². The highest BCUT2D eigenvalue weighted by Crippen LogP contribution is 2.16. The van der Waals surface area contributed by atoms with E-state index in [0.29, 0.717) is 5.92 Å². The van der Waals surface area contributed by atoms with Gasteiger partial charge in [0.05, 0.1) is 0 Å². The minimum absolute atomic E-state index is 0.0332. The maximum absolute atomic E-state index is 11.7. The molecule has 0 radical (unpaired) electrons. The normalized spacial score (nSPS) is 17.7. The van der Waals surface area contributed by atoms with E-state index in [1.165, 1.54) is 0 Å². The van der Waals surface area contributed by atoms with Crippen LogP contribution < -0.4 is 5.32 Å². The van der Waals surface area contributed by atoms with Gasteiger partial charge in [-0.05, 0) is 32.1 Å². The second-order valence-electron chi connectivity index (χ2n) is 4.95. The van der Waals surface area contributed by atoms with Crippen LogP contribution in [-0.4, -0.2) is 36.3 Å². The number of hydrogen-bond donors (Lipinski definition) is 1. The van der Waals surface area contributed by atoms with Crippen molar-refractivity contribution < 1.29 is 9.59 Å². The van der Waals surface area contributed by atoms with E-state index in [1.54, 1.807) is 6.92 Å². The molecule has 0 saturated carbocycles. The molecule has 0 aromatic carbocycles. The van der Waals surface area contributed by atoms with Crippen molar-refractivity contribution >= 4 is 11.8 Å².